The molecule has 1 amide bonds. The number of aliphatic hydroxyl groups is 1. The lowest BCUT2D eigenvalue weighted by atomic mass is 9.95. The highest BCUT2D eigenvalue weighted by Crippen LogP contribution is 2.45. The number of ether oxygens (including phenoxy) is 1. The monoisotopic (exact) mass is 518 g/mol. The van der Waals surface area contributed by atoms with Gasteiger partial charge in [0.25, 0.3) is 5.78 Å². The number of aromatic nitrogens is 1. The summed E-state index contributed by atoms with van der Waals surface area (Å²) in [6.45, 7) is 1.65. The van der Waals surface area contributed by atoms with Crippen molar-refractivity contribution in [3.8, 4) is 11.5 Å². The standard InChI is InChI=1S/C22H16BrClN2O6/c1-10-7-16(25-32-10)26-18(12-8-14(23)20(28)15(9-12)31-2)17(21(29)22(26)30)19(27)11-3-5-13(24)6-4-11/h3-9,18,27-28H,1-2H3/b19-17+/t18-/m1/s1. The van der Waals surface area contributed by atoms with Crippen LogP contribution in [0.5, 0.6) is 11.5 Å². The number of halogens is 2. The first-order chi connectivity index (χ1) is 15.2. The lowest BCUT2D eigenvalue weighted by Gasteiger charge is -2.23. The summed E-state index contributed by atoms with van der Waals surface area (Å²) in [6, 6.07) is 9.64. The van der Waals surface area contributed by atoms with Crippen molar-refractivity contribution in [3.63, 3.8) is 0 Å². The van der Waals surface area contributed by atoms with Crippen LogP contribution in [-0.4, -0.2) is 34.2 Å². The van der Waals surface area contributed by atoms with Crippen LogP contribution < -0.4 is 9.64 Å². The fourth-order valence-electron chi connectivity index (χ4n) is 3.52. The van der Waals surface area contributed by atoms with Gasteiger partial charge in [-0.1, -0.05) is 16.8 Å². The summed E-state index contributed by atoms with van der Waals surface area (Å²) < 4.78 is 10.6. The summed E-state index contributed by atoms with van der Waals surface area (Å²) >= 11 is 9.19. The molecule has 1 aliphatic rings. The van der Waals surface area contributed by atoms with E-state index < -0.39 is 17.7 Å². The Bertz CT molecular complexity index is 1270. The number of hydrogen-bond acceptors (Lipinski definition) is 7. The molecule has 1 saturated heterocycles. The van der Waals surface area contributed by atoms with E-state index in [-0.39, 0.29) is 33.1 Å². The number of anilines is 1. The predicted octanol–water partition coefficient (Wildman–Crippen LogP) is 4.74. The van der Waals surface area contributed by atoms with Crippen molar-refractivity contribution < 1.29 is 29.1 Å². The number of phenolic OH excluding ortho intramolecular Hbond substituents is 1. The molecule has 4 rings (SSSR count). The Kier molecular flexibility index (Phi) is 5.70. The fraction of sp³-hybridized carbons (Fsp3) is 0.136. The molecule has 0 saturated carbocycles. The molecule has 32 heavy (non-hydrogen) atoms. The molecule has 1 fully saturated rings. The zero-order valence-electron chi connectivity index (χ0n) is 16.8. The number of methoxy groups -OCH3 is 1. The van der Waals surface area contributed by atoms with Crippen molar-refractivity contribution in [2.75, 3.05) is 12.0 Å². The van der Waals surface area contributed by atoms with E-state index in [9.17, 15) is 19.8 Å². The zero-order valence-corrected chi connectivity index (χ0v) is 19.1. The second-order valence-electron chi connectivity index (χ2n) is 7.03. The maximum Gasteiger partial charge on any atom is 0.301 e. The third-order valence-corrected chi connectivity index (χ3v) is 5.87. The zero-order chi connectivity index (χ0) is 23.2. The highest BCUT2D eigenvalue weighted by atomic mass is 79.9. The minimum absolute atomic E-state index is 0.105. The number of ketones is 1. The molecule has 1 atom stereocenters. The van der Waals surface area contributed by atoms with E-state index in [1.54, 1.807) is 19.1 Å². The Labute approximate surface area is 195 Å². The second-order valence-corrected chi connectivity index (χ2v) is 8.32. The predicted molar refractivity (Wildman–Crippen MR) is 120 cm³/mol. The normalized spacial score (nSPS) is 17.8. The first-order valence-electron chi connectivity index (χ1n) is 9.29. The smallest absolute Gasteiger partial charge is 0.301 e. The third-order valence-electron chi connectivity index (χ3n) is 5.01. The van der Waals surface area contributed by atoms with Crippen LogP contribution in [0.15, 0.2) is 57.0 Å². The number of nitrogens with zero attached hydrogens (tertiary/aromatic N) is 2. The molecular formula is C22H16BrClN2O6. The minimum atomic E-state index is -1.07. The summed E-state index contributed by atoms with van der Waals surface area (Å²) in [5.41, 5.74) is 0.540. The number of Topliss-reactive ketones (excluding diaryl/α,β-unsaturated/α-hetero) is 1. The quantitative estimate of drug-likeness (QED) is 0.291. The molecule has 2 heterocycles. The van der Waals surface area contributed by atoms with E-state index >= 15 is 0 Å². The fourth-order valence-corrected chi connectivity index (χ4v) is 4.11. The summed E-state index contributed by atoms with van der Waals surface area (Å²) in [5.74, 6) is -1.66. The first-order valence-corrected chi connectivity index (χ1v) is 10.5. The molecule has 0 aliphatic carbocycles. The number of aliphatic hydroxyl groups excluding tert-OH is 1. The van der Waals surface area contributed by atoms with Crippen LogP contribution in [0.2, 0.25) is 5.02 Å². The van der Waals surface area contributed by atoms with Gasteiger partial charge >= 0.3 is 5.91 Å². The first kappa shape index (κ1) is 21.9. The van der Waals surface area contributed by atoms with Gasteiger partial charge in [-0.2, -0.15) is 0 Å². The Balaban J connectivity index is 1.99. The van der Waals surface area contributed by atoms with Crippen LogP contribution in [0, 0.1) is 6.92 Å². The van der Waals surface area contributed by atoms with Gasteiger partial charge < -0.3 is 19.5 Å². The molecule has 0 radical (unpaired) electrons. The largest absolute Gasteiger partial charge is 0.507 e. The number of aromatic hydroxyl groups is 1. The highest BCUT2D eigenvalue weighted by molar-refractivity contribution is 9.10. The van der Waals surface area contributed by atoms with Crippen LogP contribution in [-0.2, 0) is 9.59 Å². The molecule has 0 bridgehead atoms. The second kappa shape index (κ2) is 8.33. The van der Waals surface area contributed by atoms with Gasteiger partial charge in [-0.3, -0.25) is 14.5 Å². The topological polar surface area (TPSA) is 113 Å². The Morgan fingerprint density at radius 1 is 1.22 bits per heavy atom. The van der Waals surface area contributed by atoms with Crippen LogP contribution in [0.3, 0.4) is 0 Å². The molecule has 2 N–H and O–H groups in total. The van der Waals surface area contributed by atoms with Crippen molar-refractivity contribution in [1.82, 2.24) is 5.16 Å². The van der Waals surface area contributed by atoms with Gasteiger partial charge in [0.15, 0.2) is 17.3 Å². The maximum atomic E-state index is 13.1. The molecule has 0 spiro atoms. The average molecular weight is 520 g/mol. The van der Waals surface area contributed by atoms with E-state index in [1.165, 1.54) is 37.4 Å². The molecular weight excluding hydrogens is 504 g/mol. The van der Waals surface area contributed by atoms with Crippen LogP contribution in [0.4, 0.5) is 5.82 Å². The highest BCUT2D eigenvalue weighted by Gasteiger charge is 2.48. The summed E-state index contributed by atoms with van der Waals surface area (Å²) in [4.78, 5) is 27.3. The lowest BCUT2D eigenvalue weighted by Crippen LogP contribution is -2.29. The van der Waals surface area contributed by atoms with Crippen molar-refractivity contribution in [2.24, 2.45) is 0 Å². The Morgan fingerprint density at radius 3 is 2.50 bits per heavy atom. The Morgan fingerprint density at radius 2 is 1.91 bits per heavy atom. The van der Waals surface area contributed by atoms with Crippen molar-refractivity contribution >= 4 is 50.8 Å². The number of carbonyl (C=O) groups is 2. The number of hydrogen-bond donors (Lipinski definition) is 2. The number of amides is 1. The van der Waals surface area contributed by atoms with Gasteiger partial charge in [0.05, 0.1) is 23.2 Å². The SMILES string of the molecule is COc1cc([C@@H]2/C(=C(\O)c3ccc(Cl)cc3)C(=O)C(=O)N2c2cc(C)on2)cc(Br)c1O. The van der Waals surface area contributed by atoms with E-state index in [0.717, 1.165) is 4.90 Å². The van der Waals surface area contributed by atoms with E-state index in [1.807, 2.05) is 0 Å². The van der Waals surface area contributed by atoms with Crippen molar-refractivity contribution in [1.29, 1.82) is 0 Å². The Hall–Kier alpha value is -3.30. The third kappa shape index (κ3) is 3.63. The average Bonchev–Trinajstić information content (AvgIpc) is 3.31. The molecule has 3 aromatic rings. The van der Waals surface area contributed by atoms with Gasteiger partial charge in [0.1, 0.15) is 11.5 Å². The van der Waals surface area contributed by atoms with Crippen LogP contribution >= 0.6 is 27.5 Å². The summed E-state index contributed by atoms with van der Waals surface area (Å²) in [7, 11) is 1.37. The van der Waals surface area contributed by atoms with Crippen LogP contribution in [0.1, 0.15) is 22.9 Å². The maximum absolute atomic E-state index is 13.1. The number of carbonyl (C=O) groups excluding carboxylic acids is 2. The summed E-state index contributed by atoms with van der Waals surface area (Å²) in [5, 5.41) is 25.6. The van der Waals surface area contributed by atoms with Gasteiger partial charge in [0.2, 0.25) is 0 Å². The molecule has 10 heteroatoms. The van der Waals surface area contributed by atoms with E-state index in [2.05, 4.69) is 21.1 Å². The lowest BCUT2D eigenvalue weighted by molar-refractivity contribution is -0.132. The molecule has 2 aromatic carbocycles. The van der Waals surface area contributed by atoms with Crippen LogP contribution in [0.25, 0.3) is 5.76 Å². The number of phenols is 1. The number of benzene rings is 2. The van der Waals surface area contributed by atoms with Gasteiger partial charge in [-0.25, -0.2) is 0 Å². The van der Waals surface area contributed by atoms with Crippen molar-refractivity contribution in [2.45, 2.75) is 13.0 Å². The van der Waals surface area contributed by atoms with Crippen molar-refractivity contribution in [3.05, 3.63) is 74.4 Å². The van der Waals surface area contributed by atoms with Gasteiger partial charge in [-0.15, -0.1) is 0 Å². The summed E-state index contributed by atoms with van der Waals surface area (Å²) in [6.07, 6.45) is 0. The molecule has 1 aromatic heterocycles. The molecule has 0 unspecified atom stereocenters. The molecule has 1 aliphatic heterocycles. The molecule has 164 valence electrons. The van der Waals surface area contributed by atoms with E-state index in [4.69, 9.17) is 20.9 Å². The van der Waals surface area contributed by atoms with Gasteiger partial charge in [0, 0.05) is 16.7 Å². The number of aryl methyl sites for hydroxylation is 1. The number of rotatable bonds is 4. The minimum Gasteiger partial charge on any atom is -0.507 e. The van der Waals surface area contributed by atoms with Gasteiger partial charge in [-0.05, 0) is 64.8 Å². The molecule has 8 nitrogen and oxygen atoms in total. The van der Waals surface area contributed by atoms with E-state index in [0.29, 0.717) is 21.9 Å².